The summed E-state index contributed by atoms with van der Waals surface area (Å²) in [5, 5.41) is 48.7. The van der Waals surface area contributed by atoms with Gasteiger partial charge in [-0.15, -0.1) is 0 Å². The minimum atomic E-state index is -1.06. The number of nitrogens with two attached hydrogens (primary N) is 2. The molecule has 0 amide bonds. The molecular weight excluding hydrogens is 629 g/mol. The van der Waals surface area contributed by atoms with E-state index in [0.29, 0.717) is 28.1 Å². The second-order valence-corrected chi connectivity index (χ2v) is 10.4. The molecule has 12 nitrogen and oxygen atoms in total. The average molecular weight is 659 g/mol. The fraction of sp³-hybridized carbons (Fsp3) is 0.0625. The lowest BCUT2D eigenvalue weighted by Gasteiger charge is -2.17. The molecule has 0 unspecified atom stereocenters. The fourth-order valence-electron chi connectivity index (χ4n) is 3.83. The predicted octanol–water partition coefficient (Wildman–Crippen LogP) is 4.97. The van der Waals surface area contributed by atoms with Crippen LogP contribution in [0.2, 0.25) is 0 Å². The Morgan fingerprint density at radius 3 is 1.52 bits per heavy atom. The van der Waals surface area contributed by atoms with Crippen molar-refractivity contribution in [1.82, 2.24) is 0 Å². The summed E-state index contributed by atoms with van der Waals surface area (Å²) in [4.78, 5) is 21.9. The Morgan fingerprint density at radius 1 is 0.652 bits per heavy atom. The number of nitrogens with zero attached hydrogens (tertiary/aromatic N) is 4. The van der Waals surface area contributed by atoms with Crippen LogP contribution in [0.15, 0.2) is 95.1 Å². The molecule has 4 aromatic rings. The largest absolute Gasteiger partial charge is 0.507 e. The van der Waals surface area contributed by atoms with Gasteiger partial charge in [0.2, 0.25) is 0 Å². The van der Waals surface area contributed by atoms with Crippen molar-refractivity contribution >= 4 is 70.4 Å². The molecule has 0 radical (unpaired) electrons. The number of aryl methyl sites for hydroxylation is 2. The molecule has 0 fully saturated rings. The first-order valence-corrected chi connectivity index (χ1v) is 14.1. The fourth-order valence-corrected chi connectivity index (χ4v) is 4.13. The van der Waals surface area contributed by atoms with Crippen LogP contribution in [0, 0.1) is 13.8 Å². The highest BCUT2D eigenvalue weighted by atomic mass is 32.1. The summed E-state index contributed by atoms with van der Waals surface area (Å²) in [6.07, 6.45) is 2.85. The number of hydrogen-bond acceptors (Lipinski definition) is 8. The molecule has 0 aliphatic carbocycles. The Bertz CT molecular complexity index is 1830. The van der Waals surface area contributed by atoms with E-state index in [2.05, 4.69) is 10.2 Å². The number of aromatic carboxylic acids is 2. The van der Waals surface area contributed by atoms with Gasteiger partial charge in [0.1, 0.15) is 11.5 Å². The van der Waals surface area contributed by atoms with Crippen LogP contribution in [0.25, 0.3) is 0 Å². The van der Waals surface area contributed by atoms with Crippen LogP contribution in [-0.4, -0.2) is 55.0 Å². The van der Waals surface area contributed by atoms with Gasteiger partial charge in [0.15, 0.2) is 10.2 Å². The zero-order valence-corrected chi connectivity index (χ0v) is 26.2. The van der Waals surface area contributed by atoms with Crippen molar-refractivity contribution in [3.63, 3.8) is 0 Å². The van der Waals surface area contributed by atoms with E-state index in [1.165, 1.54) is 46.7 Å². The van der Waals surface area contributed by atoms with Crippen LogP contribution < -0.4 is 21.5 Å². The highest BCUT2D eigenvalue weighted by molar-refractivity contribution is 7.80. The first-order chi connectivity index (χ1) is 21.8. The smallest absolute Gasteiger partial charge is 0.335 e. The Balaban J connectivity index is 0.000000250. The normalized spacial score (nSPS) is 10.7. The van der Waals surface area contributed by atoms with Crippen LogP contribution in [-0.2, 0) is 0 Å². The number of para-hydroxylation sites is 2. The van der Waals surface area contributed by atoms with Crippen molar-refractivity contribution in [2.24, 2.45) is 21.7 Å². The highest BCUT2D eigenvalue weighted by Crippen LogP contribution is 2.22. The molecule has 0 saturated heterocycles. The maximum Gasteiger partial charge on any atom is 0.335 e. The number of benzene rings is 4. The van der Waals surface area contributed by atoms with Crippen molar-refractivity contribution in [2.45, 2.75) is 13.8 Å². The van der Waals surface area contributed by atoms with Gasteiger partial charge in [-0.2, -0.15) is 10.2 Å². The Hall–Kier alpha value is -5.86. The molecule has 14 heteroatoms. The molecule has 0 bridgehead atoms. The quantitative estimate of drug-likeness (QED) is 0.0846. The molecule has 0 spiro atoms. The maximum absolute atomic E-state index is 11.1. The lowest BCUT2D eigenvalue weighted by molar-refractivity contribution is 0.0686. The SMILES string of the molecule is Cc1cccc(C=NN(C(N)=S)c2ccc(C(=O)O)cc2)c1O.Cc1cccc(C=NN(C(N)=S)c2cccc(C(=O)O)c2)c1O. The standard InChI is InChI=1S/2C16H15N3O3S/c1-10-4-2-6-12(14(10)20)9-18-19(16(17)23)13-7-3-5-11(8-13)15(21)22;1-10-3-2-4-12(14(10)20)9-18-19(16(17)23)13-7-5-11(6-8-13)15(21)22/h2*2-9,20H,1H3,(H2,17,23)(H,21,22). The number of aromatic hydroxyl groups is 2. The number of thiocarbonyl (C=S) groups is 2. The third kappa shape index (κ3) is 9.07. The van der Waals surface area contributed by atoms with Crippen molar-refractivity contribution in [3.8, 4) is 11.5 Å². The Kier molecular flexibility index (Phi) is 11.9. The first kappa shape index (κ1) is 34.6. The number of anilines is 2. The lowest BCUT2D eigenvalue weighted by Crippen LogP contribution is -2.31. The van der Waals surface area contributed by atoms with Gasteiger partial charge in [0.25, 0.3) is 0 Å². The number of carboxylic acid groups (broad SMARTS) is 2. The topological polar surface area (TPSA) is 198 Å². The second kappa shape index (κ2) is 15.7. The van der Waals surface area contributed by atoms with Gasteiger partial charge < -0.3 is 31.9 Å². The molecule has 0 aliphatic rings. The molecule has 0 heterocycles. The molecule has 0 saturated carbocycles. The zero-order valence-electron chi connectivity index (χ0n) is 24.6. The van der Waals surface area contributed by atoms with Crippen LogP contribution >= 0.6 is 24.4 Å². The number of carbonyl (C=O) groups is 2. The molecule has 236 valence electrons. The number of rotatable bonds is 8. The Morgan fingerprint density at radius 2 is 1.09 bits per heavy atom. The average Bonchev–Trinajstić information content (AvgIpc) is 3.02. The van der Waals surface area contributed by atoms with E-state index >= 15 is 0 Å². The monoisotopic (exact) mass is 658 g/mol. The van der Waals surface area contributed by atoms with Gasteiger partial charge >= 0.3 is 11.9 Å². The van der Waals surface area contributed by atoms with E-state index < -0.39 is 11.9 Å². The maximum atomic E-state index is 11.1. The number of hydrogen-bond donors (Lipinski definition) is 6. The number of hydrazone groups is 2. The second-order valence-electron chi connectivity index (χ2n) is 9.52. The lowest BCUT2D eigenvalue weighted by atomic mass is 10.1. The van der Waals surface area contributed by atoms with E-state index in [-0.39, 0.29) is 32.9 Å². The van der Waals surface area contributed by atoms with E-state index in [1.807, 2.05) is 0 Å². The van der Waals surface area contributed by atoms with Gasteiger partial charge in [-0.1, -0.05) is 30.3 Å². The first-order valence-electron chi connectivity index (χ1n) is 13.3. The minimum absolute atomic E-state index is 0.00327. The van der Waals surface area contributed by atoms with Crippen LogP contribution in [0.3, 0.4) is 0 Å². The zero-order chi connectivity index (χ0) is 34.0. The minimum Gasteiger partial charge on any atom is -0.507 e. The number of phenolic OH excluding ortho intramolecular Hbond substituents is 2. The van der Waals surface area contributed by atoms with E-state index in [1.54, 1.807) is 74.5 Å². The van der Waals surface area contributed by atoms with Crippen LogP contribution in [0.4, 0.5) is 11.4 Å². The molecular formula is C32H30N6O6S2. The van der Waals surface area contributed by atoms with Crippen molar-refractivity contribution in [2.75, 3.05) is 10.0 Å². The predicted molar refractivity (Wildman–Crippen MR) is 186 cm³/mol. The molecule has 0 aliphatic heterocycles. The van der Waals surface area contributed by atoms with Crippen LogP contribution in [0.1, 0.15) is 43.0 Å². The molecule has 8 N–H and O–H groups in total. The summed E-state index contributed by atoms with van der Waals surface area (Å²) >= 11 is 9.93. The van der Waals surface area contributed by atoms with Crippen molar-refractivity contribution in [3.05, 3.63) is 118 Å². The summed E-state index contributed by atoms with van der Waals surface area (Å²) in [6.45, 7) is 3.55. The molecule has 0 atom stereocenters. The van der Waals surface area contributed by atoms with Crippen molar-refractivity contribution in [1.29, 1.82) is 0 Å². The van der Waals surface area contributed by atoms with Gasteiger partial charge in [0.05, 0.1) is 34.9 Å². The third-order valence-electron chi connectivity index (χ3n) is 6.28. The third-order valence-corrected chi connectivity index (χ3v) is 6.62. The molecule has 4 rings (SSSR count). The van der Waals surface area contributed by atoms with Crippen LogP contribution in [0.5, 0.6) is 11.5 Å². The summed E-state index contributed by atoms with van der Waals surface area (Å²) in [7, 11) is 0. The van der Waals surface area contributed by atoms with Gasteiger partial charge in [-0.25, -0.2) is 19.6 Å². The van der Waals surface area contributed by atoms with E-state index in [0.717, 1.165) is 5.56 Å². The van der Waals surface area contributed by atoms with E-state index in [9.17, 15) is 19.8 Å². The molecule has 4 aromatic carbocycles. The summed E-state index contributed by atoms with van der Waals surface area (Å²) < 4.78 is 0. The molecule has 0 aromatic heterocycles. The van der Waals surface area contributed by atoms with E-state index in [4.69, 9.17) is 46.1 Å². The van der Waals surface area contributed by atoms with Crippen molar-refractivity contribution < 1.29 is 30.0 Å². The summed E-state index contributed by atoms with van der Waals surface area (Å²) in [6, 6.07) is 22.6. The van der Waals surface area contributed by atoms with Gasteiger partial charge in [-0.3, -0.25) is 0 Å². The molecule has 46 heavy (non-hydrogen) atoms. The highest BCUT2D eigenvalue weighted by Gasteiger charge is 2.12. The summed E-state index contributed by atoms with van der Waals surface area (Å²) in [5.41, 5.74) is 15.0. The van der Waals surface area contributed by atoms with Gasteiger partial charge in [-0.05, 0) is 104 Å². The summed E-state index contributed by atoms with van der Waals surface area (Å²) in [5.74, 6) is -1.85. The number of carboxylic acids is 2. The van der Waals surface area contributed by atoms with Gasteiger partial charge in [0, 0.05) is 11.1 Å². The number of phenols is 2. The Labute approximate surface area is 275 Å².